The summed E-state index contributed by atoms with van der Waals surface area (Å²) >= 11 is 1.74. The molecule has 0 radical (unpaired) electrons. The number of nitrogens with two attached hydrogens (primary N) is 1. The Labute approximate surface area is 113 Å². The average Bonchev–Trinajstić information content (AvgIpc) is 2.83. The minimum absolute atomic E-state index is 0.0310. The molecule has 0 spiro atoms. The summed E-state index contributed by atoms with van der Waals surface area (Å²) in [7, 11) is 0. The van der Waals surface area contributed by atoms with Crippen LogP contribution in [0.3, 0.4) is 0 Å². The van der Waals surface area contributed by atoms with Crippen molar-refractivity contribution in [1.29, 1.82) is 0 Å². The molecule has 0 saturated carbocycles. The SMILES string of the molecule is Cc1cscc1C(N)c1ccc2c(c1)CCCC2. The lowest BCUT2D eigenvalue weighted by atomic mass is 9.88. The Morgan fingerprint density at radius 2 is 1.89 bits per heavy atom. The Balaban J connectivity index is 1.95. The van der Waals surface area contributed by atoms with Gasteiger partial charge in [0.25, 0.3) is 0 Å². The van der Waals surface area contributed by atoms with Crippen molar-refractivity contribution in [2.45, 2.75) is 38.6 Å². The molecule has 0 amide bonds. The van der Waals surface area contributed by atoms with E-state index < -0.39 is 0 Å². The van der Waals surface area contributed by atoms with Crippen molar-refractivity contribution in [2.24, 2.45) is 5.73 Å². The van der Waals surface area contributed by atoms with E-state index in [1.54, 1.807) is 11.3 Å². The second kappa shape index (κ2) is 4.87. The summed E-state index contributed by atoms with van der Waals surface area (Å²) in [6.07, 6.45) is 5.12. The molecule has 3 rings (SSSR count). The molecule has 0 bridgehead atoms. The smallest absolute Gasteiger partial charge is 0.0562 e. The van der Waals surface area contributed by atoms with Crippen LogP contribution in [0.2, 0.25) is 0 Å². The Morgan fingerprint density at radius 3 is 2.61 bits per heavy atom. The summed E-state index contributed by atoms with van der Waals surface area (Å²) in [6, 6.07) is 6.86. The van der Waals surface area contributed by atoms with Crippen LogP contribution in [0.25, 0.3) is 0 Å². The first-order chi connectivity index (χ1) is 8.75. The van der Waals surface area contributed by atoms with Crippen molar-refractivity contribution in [3.8, 4) is 0 Å². The van der Waals surface area contributed by atoms with Gasteiger partial charge in [-0.1, -0.05) is 18.2 Å². The van der Waals surface area contributed by atoms with Gasteiger partial charge in [-0.15, -0.1) is 0 Å². The zero-order valence-electron chi connectivity index (χ0n) is 10.8. The molecular weight excluding hydrogens is 238 g/mol. The van der Waals surface area contributed by atoms with Gasteiger partial charge in [-0.2, -0.15) is 11.3 Å². The highest BCUT2D eigenvalue weighted by Crippen LogP contribution is 2.29. The van der Waals surface area contributed by atoms with Gasteiger partial charge < -0.3 is 5.73 Å². The van der Waals surface area contributed by atoms with Crippen LogP contribution in [0.1, 0.15) is 46.7 Å². The number of rotatable bonds is 2. The van der Waals surface area contributed by atoms with Gasteiger partial charge in [-0.05, 0) is 71.2 Å². The van der Waals surface area contributed by atoms with E-state index >= 15 is 0 Å². The molecule has 0 saturated heterocycles. The highest BCUT2D eigenvalue weighted by molar-refractivity contribution is 7.08. The normalized spacial score (nSPS) is 16.3. The maximum atomic E-state index is 6.40. The van der Waals surface area contributed by atoms with Gasteiger partial charge in [0.15, 0.2) is 0 Å². The molecule has 1 atom stereocenters. The lowest BCUT2D eigenvalue weighted by molar-refractivity contribution is 0.682. The summed E-state index contributed by atoms with van der Waals surface area (Å²) in [5.74, 6) is 0. The second-order valence-corrected chi connectivity index (χ2v) is 5.97. The molecule has 2 N–H and O–H groups in total. The van der Waals surface area contributed by atoms with E-state index in [1.165, 1.54) is 53.5 Å². The van der Waals surface area contributed by atoms with Crippen LogP contribution in [0, 0.1) is 6.92 Å². The van der Waals surface area contributed by atoms with E-state index in [-0.39, 0.29) is 6.04 Å². The molecule has 1 aliphatic rings. The fourth-order valence-electron chi connectivity index (χ4n) is 2.82. The average molecular weight is 257 g/mol. The van der Waals surface area contributed by atoms with Gasteiger partial charge in [0.1, 0.15) is 0 Å². The predicted molar refractivity (Wildman–Crippen MR) is 78.2 cm³/mol. The summed E-state index contributed by atoms with van der Waals surface area (Å²) in [6.45, 7) is 2.14. The Morgan fingerprint density at radius 1 is 1.11 bits per heavy atom. The fraction of sp³-hybridized carbons (Fsp3) is 0.375. The predicted octanol–water partition coefficient (Wildman–Crippen LogP) is 3.98. The number of benzene rings is 1. The third-order valence-corrected chi connectivity index (χ3v) is 4.84. The number of aryl methyl sites for hydroxylation is 3. The molecule has 0 fully saturated rings. The third kappa shape index (κ3) is 2.11. The van der Waals surface area contributed by atoms with Crippen molar-refractivity contribution in [3.63, 3.8) is 0 Å². The molecule has 2 heteroatoms. The maximum Gasteiger partial charge on any atom is 0.0562 e. The van der Waals surface area contributed by atoms with Crippen LogP contribution < -0.4 is 5.73 Å². The highest BCUT2D eigenvalue weighted by Gasteiger charge is 2.15. The fourth-order valence-corrected chi connectivity index (χ4v) is 3.70. The largest absolute Gasteiger partial charge is 0.320 e. The first kappa shape index (κ1) is 11.9. The van der Waals surface area contributed by atoms with E-state index in [1.807, 2.05) is 0 Å². The molecule has 1 aliphatic carbocycles. The van der Waals surface area contributed by atoms with Crippen LogP contribution in [0.4, 0.5) is 0 Å². The third-order valence-electron chi connectivity index (χ3n) is 3.96. The van der Waals surface area contributed by atoms with Crippen molar-refractivity contribution < 1.29 is 0 Å². The van der Waals surface area contributed by atoms with Gasteiger partial charge >= 0.3 is 0 Å². The molecular formula is C16H19NS. The monoisotopic (exact) mass is 257 g/mol. The van der Waals surface area contributed by atoms with E-state index in [9.17, 15) is 0 Å². The number of fused-ring (bicyclic) bond motifs is 1. The van der Waals surface area contributed by atoms with Crippen molar-refractivity contribution >= 4 is 11.3 Å². The standard InChI is InChI=1S/C16H19NS/c1-11-9-18-10-15(11)16(17)14-7-6-12-4-2-3-5-13(12)8-14/h6-10,16H,2-5,17H2,1H3. The Hall–Kier alpha value is -1.12. The van der Waals surface area contributed by atoms with Crippen LogP contribution in [0.15, 0.2) is 29.0 Å². The minimum atomic E-state index is 0.0310. The van der Waals surface area contributed by atoms with Crippen LogP contribution in [0.5, 0.6) is 0 Å². The van der Waals surface area contributed by atoms with Crippen LogP contribution >= 0.6 is 11.3 Å². The summed E-state index contributed by atoms with van der Waals surface area (Å²) in [5.41, 5.74) is 13.3. The van der Waals surface area contributed by atoms with Gasteiger partial charge in [0.2, 0.25) is 0 Å². The molecule has 1 aromatic carbocycles. The Kier molecular flexibility index (Phi) is 3.23. The maximum absolute atomic E-state index is 6.40. The molecule has 18 heavy (non-hydrogen) atoms. The zero-order valence-corrected chi connectivity index (χ0v) is 11.6. The van der Waals surface area contributed by atoms with Gasteiger partial charge in [0.05, 0.1) is 6.04 Å². The topological polar surface area (TPSA) is 26.0 Å². The van der Waals surface area contributed by atoms with E-state index in [4.69, 9.17) is 5.73 Å². The van der Waals surface area contributed by atoms with Gasteiger partial charge in [0, 0.05) is 0 Å². The summed E-state index contributed by atoms with van der Waals surface area (Å²) in [5, 5.41) is 4.35. The van der Waals surface area contributed by atoms with E-state index in [2.05, 4.69) is 35.9 Å². The first-order valence-electron chi connectivity index (χ1n) is 6.65. The highest BCUT2D eigenvalue weighted by atomic mass is 32.1. The zero-order chi connectivity index (χ0) is 12.5. The van der Waals surface area contributed by atoms with Crippen molar-refractivity contribution in [2.75, 3.05) is 0 Å². The lowest BCUT2D eigenvalue weighted by Gasteiger charge is -2.19. The minimum Gasteiger partial charge on any atom is -0.320 e. The molecule has 1 heterocycles. The molecule has 94 valence electrons. The van der Waals surface area contributed by atoms with E-state index in [0.717, 1.165) is 0 Å². The molecule has 0 aliphatic heterocycles. The lowest BCUT2D eigenvalue weighted by Crippen LogP contribution is -2.13. The second-order valence-electron chi connectivity index (χ2n) is 5.22. The van der Waals surface area contributed by atoms with Gasteiger partial charge in [-0.3, -0.25) is 0 Å². The van der Waals surface area contributed by atoms with Crippen molar-refractivity contribution in [3.05, 3.63) is 56.8 Å². The quantitative estimate of drug-likeness (QED) is 0.865. The first-order valence-corrected chi connectivity index (χ1v) is 7.60. The molecule has 1 aromatic heterocycles. The number of thiophene rings is 1. The van der Waals surface area contributed by atoms with Crippen LogP contribution in [-0.2, 0) is 12.8 Å². The number of hydrogen-bond donors (Lipinski definition) is 1. The molecule has 2 aromatic rings. The Bertz CT molecular complexity index is 556. The molecule has 1 nitrogen and oxygen atoms in total. The molecule has 1 unspecified atom stereocenters. The van der Waals surface area contributed by atoms with Crippen molar-refractivity contribution in [1.82, 2.24) is 0 Å². The van der Waals surface area contributed by atoms with Crippen LogP contribution in [-0.4, -0.2) is 0 Å². The number of hydrogen-bond acceptors (Lipinski definition) is 2. The summed E-state index contributed by atoms with van der Waals surface area (Å²) in [4.78, 5) is 0. The van der Waals surface area contributed by atoms with Gasteiger partial charge in [-0.25, -0.2) is 0 Å². The van der Waals surface area contributed by atoms with E-state index in [0.29, 0.717) is 0 Å². The summed E-state index contributed by atoms with van der Waals surface area (Å²) < 4.78 is 0.